The van der Waals surface area contributed by atoms with Gasteiger partial charge in [0.1, 0.15) is 24.2 Å². The molecule has 13 nitrogen and oxygen atoms in total. The minimum Gasteiger partial charge on any atom is -0.481 e. The Morgan fingerprint density at radius 1 is 0.900 bits per heavy atom. The fraction of sp³-hybridized carbons (Fsp3) is 0.706. The van der Waals surface area contributed by atoms with E-state index in [9.17, 15) is 29.1 Å². The Morgan fingerprint density at radius 2 is 1.40 bits per heavy atom. The molecule has 0 fully saturated rings. The van der Waals surface area contributed by atoms with E-state index in [2.05, 4.69) is 16.0 Å². The summed E-state index contributed by atoms with van der Waals surface area (Å²) in [5.41, 5.74) is 5.36. The van der Waals surface area contributed by atoms with Gasteiger partial charge in [-0.05, 0) is 12.8 Å². The Bertz CT molecular complexity index is 641. The molecule has 0 aliphatic carbocycles. The molecule has 0 rings (SSSR count). The molecule has 0 heterocycles. The van der Waals surface area contributed by atoms with Gasteiger partial charge in [-0.3, -0.25) is 19.2 Å². The molecule has 0 radical (unpaired) electrons. The molecule has 13 heteroatoms. The van der Waals surface area contributed by atoms with Gasteiger partial charge in [-0.25, -0.2) is 4.79 Å². The van der Waals surface area contributed by atoms with E-state index in [1.165, 1.54) is 6.92 Å². The average Bonchev–Trinajstić information content (AvgIpc) is 2.66. The Hall–Kier alpha value is -2.77. The molecule has 0 aliphatic rings. The summed E-state index contributed by atoms with van der Waals surface area (Å²) in [4.78, 5) is 59.0. The summed E-state index contributed by atoms with van der Waals surface area (Å²) in [6, 6.07) is -5.83. The number of hydrogen-bond donors (Lipinski definition) is 8. The zero-order valence-electron chi connectivity index (χ0n) is 17.0. The number of nitrogens with one attached hydrogen (secondary N) is 3. The van der Waals surface area contributed by atoms with E-state index in [0.29, 0.717) is 6.42 Å². The lowest BCUT2D eigenvalue weighted by Gasteiger charge is -2.28. The lowest BCUT2D eigenvalue weighted by molar-refractivity contribution is -0.147. The van der Waals surface area contributed by atoms with Crippen molar-refractivity contribution in [1.82, 2.24) is 16.0 Å². The van der Waals surface area contributed by atoms with Gasteiger partial charge >= 0.3 is 11.9 Å². The fourth-order valence-corrected chi connectivity index (χ4v) is 2.33. The van der Waals surface area contributed by atoms with E-state index in [1.54, 1.807) is 13.8 Å². The maximum Gasteiger partial charge on any atom is 0.326 e. The maximum absolute atomic E-state index is 12.6. The van der Waals surface area contributed by atoms with Gasteiger partial charge in [0.25, 0.3) is 0 Å². The van der Waals surface area contributed by atoms with Crippen LogP contribution < -0.4 is 21.7 Å². The van der Waals surface area contributed by atoms with Crippen molar-refractivity contribution in [2.45, 2.75) is 63.9 Å². The number of nitrogens with two attached hydrogens (primary N) is 1. The topological polar surface area (TPSA) is 228 Å². The first-order valence-corrected chi connectivity index (χ1v) is 9.25. The molecule has 0 saturated carbocycles. The van der Waals surface area contributed by atoms with Crippen LogP contribution >= 0.6 is 0 Å². The maximum atomic E-state index is 12.6. The molecular formula is C17H30N4O9. The molecular weight excluding hydrogens is 404 g/mol. The largest absolute Gasteiger partial charge is 0.481 e. The summed E-state index contributed by atoms with van der Waals surface area (Å²) >= 11 is 0. The van der Waals surface area contributed by atoms with Crippen LogP contribution in [-0.4, -0.2) is 87.0 Å². The number of amides is 3. The van der Waals surface area contributed by atoms with Crippen molar-refractivity contribution in [3.8, 4) is 0 Å². The lowest BCUT2D eigenvalue weighted by atomic mass is 9.97. The van der Waals surface area contributed by atoms with Crippen LogP contribution in [-0.2, 0) is 24.0 Å². The molecule has 3 amide bonds. The van der Waals surface area contributed by atoms with Gasteiger partial charge in [-0.2, -0.15) is 0 Å². The summed E-state index contributed by atoms with van der Waals surface area (Å²) in [6.07, 6.45) is -1.87. The molecule has 30 heavy (non-hydrogen) atoms. The van der Waals surface area contributed by atoms with Crippen molar-refractivity contribution in [1.29, 1.82) is 0 Å². The number of aliphatic hydroxyl groups is 2. The molecule has 6 unspecified atom stereocenters. The van der Waals surface area contributed by atoms with Crippen molar-refractivity contribution in [3.63, 3.8) is 0 Å². The number of aliphatic hydroxyl groups excluding tert-OH is 2. The average molecular weight is 434 g/mol. The highest BCUT2D eigenvalue weighted by atomic mass is 16.4. The smallest absolute Gasteiger partial charge is 0.326 e. The van der Waals surface area contributed by atoms with Crippen molar-refractivity contribution < 1.29 is 44.4 Å². The van der Waals surface area contributed by atoms with Gasteiger partial charge in [0.05, 0.1) is 19.1 Å². The highest BCUT2D eigenvalue weighted by Gasteiger charge is 2.34. The molecule has 0 aromatic heterocycles. The van der Waals surface area contributed by atoms with E-state index in [1.807, 2.05) is 0 Å². The Balaban J connectivity index is 5.49. The first-order chi connectivity index (χ1) is 13.8. The zero-order chi connectivity index (χ0) is 23.6. The van der Waals surface area contributed by atoms with Crippen LogP contribution in [0.1, 0.15) is 33.6 Å². The van der Waals surface area contributed by atoms with Gasteiger partial charge in [-0.15, -0.1) is 0 Å². The normalized spacial score (nSPS) is 16.9. The number of carboxylic acids is 2. The van der Waals surface area contributed by atoms with Crippen molar-refractivity contribution in [2.75, 3.05) is 6.61 Å². The minimum atomic E-state index is -1.71. The first kappa shape index (κ1) is 27.2. The Labute approximate surface area is 173 Å². The molecule has 0 aromatic rings. The predicted molar refractivity (Wildman–Crippen MR) is 102 cm³/mol. The summed E-state index contributed by atoms with van der Waals surface area (Å²) in [7, 11) is 0. The van der Waals surface area contributed by atoms with Crippen molar-refractivity contribution in [2.24, 2.45) is 11.7 Å². The first-order valence-electron chi connectivity index (χ1n) is 9.25. The summed E-state index contributed by atoms with van der Waals surface area (Å²) in [5, 5.41) is 43.2. The van der Waals surface area contributed by atoms with E-state index in [-0.39, 0.29) is 0 Å². The third kappa shape index (κ3) is 8.71. The van der Waals surface area contributed by atoms with Gasteiger partial charge in [0.2, 0.25) is 17.7 Å². The highest BCUT2D eigenvalue weighted by molar-refractivity contribution is 5.95. The van der Waals surface area contributed by atoms with Crippen LogP contribution in [0.15, 0.2) is 0 Å². The number of aliphatic carboxylic acids is 2. The molecule has 0 bridgehead atoms. The molecule has 0 aromatic carbocycles. The fourth-order valence-electron chi connectivity index (χ4n) is 2.33. The molecule has 0 aliphatic heterocycles. The van der Waals surface area contributed by atoms with Gasteiger partial charge in [-0.1, -0.05) is 20.3 Å². The number of carboxylic acid groups (broad SMARTS) is 2. The minimum absolute atomic E-state index is 0.385. The third-order valence-electron chi connectivity index (χ3n) is 4.38. The molecule has 172 valence electrons. The SMILES string of the molecule is CCC(C)C(NC(=O)C(NC(=O)C(N)CO)C(C)O)C(=O)NC(CC(=O)O)C(=O)O. The molecule has 6 atom stereocenters. The van der Waals surface area contributed by atoms with Crippen molar-refractivity contribution in [3.05, 3.63) is 0 Å². The van der Waals surface area contributed by atoms with Crippen LogP contribution in [0.3, 0.4) is 0 Å². The van der Waals surface area contributed by atoms with Crippen molar-refractivity contribution >= 4 is 29.7 Å². The number of carbonyl (C=O) groups is 5. The molecule has 0 saturated heterocycles. The standard InChI is InChI=1S/C17H30N4O9/c1-4-7(2)12(15(27)19-10(17(29)30)5-11(24)25)20-16(28)13(8(3)23)21-14(26)9(18)6-22/h7-10,12-13,22-23H,4-6,18H2,1-3H3,(H,19,27)(H,20,28)(H,21,26)(H,24,25)(H,29,30). The number of rotatable bonds is 13. The van der Waals surface area contributed by atoms with Gasteiger partial charge in [0.15, 0.2) is 0 Å². The second-order valence-electron chi connectivity index (χ2n) is 6.88. The van der Waals surface area contributed by atoms with Gasteiger partial charge < -0.3 is 42.1 Å². The number of hydrogen-bond acceptors (Lipinski definition) is 8. The van der Waals surface area contributed by atoms with Crippen LogP contribution in [0.4, 0.5) is 0 Å². The second kappa shape index (κ2) is 12.7. The lowest BCUT2D eigenvalue weighted by Crippen LogP contribution is -2.61. The summed E-state index contributed by atoms with van der Waals surface area (Å²) in [5.74, 6) is -6.30. The van der Waals surface area contributed by atoms with Gasteiger partial charge in [0, 0.05) is 0 Å². The molecule has 9 N–H and O–H groups in total. The molecule has 0 spiro atoms. The van der Waals surface area contributed by atoms with E-state index in [4.69, 9.17) is 21.1 Å². The Morgan fingerprint density at radius 3 is 1.80 bits per heavy atom. The third-order valence-corrected chi connectivity index (χ3v) is 4.38. The van der Waals surface area contributed by atoms with E-state index in [0.717, 1.165) is 0 Å². The highest BCUT2D eigenvalue weighted by Crippen LogP contribution is 2.10. The number of carbonyl (C=O) groups excluding carboxylic acids is 3. The van der Waals surface area contributed by atoms with Crippen LogP contribution in [0.5, 0.6) is 0 Å². The monoisotopic (exact) mass is 434 g/mol. The summed E-state index contributed by atoms with van der Waals surface area (Å²) < 4.78 is 0. The zero-order valence-corrected chi connectivity index (χ0v) is 17.0. The Kier molecular flexibility index (Phi) is 11.5. The second-order valence-corrected chi connectivity index (χ2v) is 6.88. The predicted octanol–water partition coefficient (Wildman–Crippen LogP) is -3.25. The van der Waals surface area contributed by atoms with Crippen LogP contribution in [0, 0.1) is 5.92 Å². The van der Waals surface area contributed by atoms with Crippen LogP contribution in [0.2, 0.25) is 0 Å². The summed E-state index contributed by atoms with van der Waals surface area (Å²) in [6.45, 7) is 3.81. The van der Waals surface area contributed by atoms with E-state index >= 15 is 0 Å². The van der Waals surface area contributed by atoms with Crippen LogP contribution in [0.25, 0.3) is 0 Å². The quantitative estimate of drug-likeness (QED) is 0.144. The van der Waals surface area contributed by atoms with E-state index < -0.39 is 78.9 Å².